The number of aromatic nitrogens is 1. The van der Waals surface area contributed by atoms with Crippen LogP contribution in [0, 0.1) is 0 Å². The average molecular weight is 366 g/mol. The normalized spacial score (nSPS) is 11.7. The Labute approximate surface area is 153 Å². The van der Waals surface area contributed by atoms with Crippen LogP contribution in [-0.4, -0.2) is 39.7 Å². The van der Waals surface area contributed by atoms with Crippen LogP contribution in [-0.2, 0) is 0 Å². The number of hydrogen-bond acceptors (Lipinski definition) is 5. The van der Waals surface area contributed by atoms with Crippen LogP contribution < -0.4 is 21.5 Å². The highest BCUT2D eigenvalue weighted by Crippen LogP contribution is 2.02. The molecule has 0 aliphatic heterocycles. The lowest BCUT2D eigenvalue weighted by atomic mass is 10.2. The maximum Gasteiger partial charge on any atom is 0.186 e. The number of thiocarbonyl (C=S) groups is 2. The fourth-order valence-corrected chi connectivity index (χ4v) is 2.00. The summed E-state index contributed by atoms with van der Waals surface area (Å²) in [5, 5.41) is 15.3. The Hall–Kier alpha value is -2.13. The second-order valence-corrected chi connectivity index (χ2v) is 5.56. The monoisotopic (exact) mass is 365 g/mol. The molecule has 0 fully saturated rings. The molecule has 0 aromatic carbocycles. The molecular formula is C15H23N7S2. The molecule has 1 aromatic heterocycles. The summed E-state index contributed by atoms with van der Waals surface area (Å²) in [7, 11) is 0. The van der Waals surface area contributed by atoms with Gasteiger partial charge in [-0.2, -0.15) is 10.2 Å². The minimum absolute atomic E-state index is 0.479. The predicted molar refractivity (Wildman–Crippen MR) is 107 cm³/mol. The van der Waals surface area contributed by atoms with Crippen LogP contribution in [0.4, 0.5) is 0 Å². The van der Waals surface area contributed by atoms with Gasteiger partial charge in [-0.05, 0) is 64.3 Å². The van der Waals surface area contributed by atoms with Gasteiger partial charge < -0.3 is 10.6 Å². The van der Waals surface area contributed by atoms with Gasteiger partial charge >= 0.3 is 0 Å². The summed E-state index contributed by atoms with van der Waals surface area (Å²) in [4.78, 5) is 4.55. The van der Waals surface area contributed by atoms with E-state index in [1.165, 1.54) is 0 Å². The molecule has 0 bridgehead atoms. The van der Waals surface area contributed by atoms with Crippen LogP contribution in [0.5, 0.6) is 0 Å². The maximum absolute atomic E-state index is 5.07. The minimum Gasteiger partial charge on any atom is -0.362 e. The quantitative estimate of drug-likeness (QED) is 0.345. The molecule has 0 aliphatic carbocycles. The van der Waals surface area contributed by atoms with Gasteiger partial charge in [-0.15, -0.1) is 0 Å². The van der Waals surface area contributed by atoms with Crippen LogP contribution >= 0.6 is 24.4 Å². The van der Waals surface area contributed by atoms with E-state index in [0.717, 1.165) is 35.9 Å². The summed E-state index contributed by atoms with van der Waals surface area (Å²) in [6.45, 7) is 9.13. The summed E-state index contributed by atoms with van der Waals surface area (Å²) < 4.78 is 0. The van der Waals surface area contributed by atoms with Gasteiger partial charge in [-0.3, -0.25) is 10.9 Å². The van der Waals surface area contributed by atoms with Crippen molar-refractivity contribution in [3.63, 3.8) is 0 Å². The first-order chi connectivity index (χ1) is 11.5. The standard InChI is InChI=1S/C15H23N7S2/c1-5-16-14(23)21-19-10(3)12-8-7-9-13(18-12)11(4)20-22-15(24)17-6-2/h7-9H,5-6H2,1-4H3,(H2,16,21,23)(H2,17,22,24)/b19-10-,20-11+. The highest BCUT2D eigenvalue weighted by Gasteiger charge is 2.05. The van der Waals surface area contributed by atoms with Gasteiger partial charge in [0.2, 0.25) is 0 Å². The molecule has 9 heteroatoms. The van der Waals surface area contributed by atoms with Crippen molar-refractivity contribution in [1.29, 1.82) is 0 Å². The third kappa shape index (κ3) is 6.97. The molecule has 7 nitrogen and oxygen atoms in total. The van der Waals surface area contributed by atoms with Crippen molar-refractivity contribution < 1.29 is 0 Å². The zero-order chi connectivity index (χ0) is 17.9. The van der Waals surface area contributed by atoms with Gasteiger partial charge in [-0.25, -0.2) is 4.98 Å². The second kappa shape index (κ2) is 10.6. The van der Waals surface area contributed by atoms with Gasteiger partial charge in [0.05, 0.1) is 22.8 Å². The number of hydrazone groups is 2. The van der Waals surface area contributed by atoms with E-state index in [1.807, 2.05) is 45.9 Å². The lowest BCUT2D eigenvalue weighted by Gasteiger charge is -2.07. The molecule has 0 atom stereocenters. The van der Waals surface area contributed by atoms with Crippen molar-refractivity contribution in [2.45, 2.75) is 27.7 Å². The molecule has 0 spiro atoms. The van der Waals surface area contributed by atoms with E-state index in [0.29, 0.717) is 10.2 Å². The molecule has 0 radical (unpaired) electrons. The molecular weight excluding hydrogens is 342 g/mol. The summed E-state index contributed by atoms with van der Waals surface area (Å²) in [6, 6.07) is 5.66. The zero-order valence-corrected chi connectivity index (χ0v) is 15.9. The lowest BCUT2D eigenvalue weighted by molar-refractivity contribution is 0.898. The summed E-state index contributed by atoms with van der Waals surface area (Å²) >= 11 is 10.1. The first-order valence-electron chi connectivity index (χ1n) is 7.62. The average Bonchev–Trinajstić information content (AvgIpc) is 2.58. The van der Waals surface area contributed by atoms with E-state index in [-0.39, 0.29) is 0 Å². The van der Waals surface area contributed by atoms with Crippen LogP contribution in [0.2, 0.25) is 0 Å². The van der Waals surface area contributed by atoms with E-state index >= 15 is 0 Å². The fourth-order valence-electron chi connectivity index (χ4n) is 1.62. The molecule has 130 valence electrons. The first-order valence-corrected chi connectivity index (χ1v) is 8.43. The fraction of sp³-hybridized carbons (Fsp3) is 0.400. The highest BCUT2D eigenvalue weighted by atomic mass is 32.1. The van der Waals surface area contributed by atoms with Gasteiger partial charge in [-0.1, -0.05) is 6.07 Å². The van der Waals surface area contributed by atoms with Crippen LogP contribution in [0.1, 0.15) is 39.1 Å². The van der Waals surface area contributed by atoms with Crippen LogP contribution in [0.15, 0.2) is 28.4 Å². The van der Waals surface area contributed by atoms with E-state index in [1.54, 1.807) is 0 Å². The lowest BCUT2D eigenvalue weighted by Crippen LogP contribution is -2.32. The Bertz CT molecular complexity index is 589. The number of nitrogens with one attached hydrogen (secondary N) is 4. The number of hydrogen-bond donors (Lipinski definition) is 4. The van der Waals surface area contributed by atoms with Crippen molar-refractivity contribution in [2.24, 2.45) is 10.2 Å². The Morgan fingerprint density at radius 3 is 1.71 bits per heavy atom. The largest absolute Gasteiger partial charge is 0.362 e. The van der Waals surface area contributed by atoms with Crippen molar-refractivity contribution >= 4 is 46.1 Å². The van der Waals surface area contributed by atoms with Crippen molar-refractivity contribution in [3.8, 4) is 0 Å². The first kappa shape index (κ1) is 19.9. The number of rotatable bonds is 6. The Morgan fingerprint density at radius 1 is 0.917 bits per heavy atom. The molecule has 0 unspecified atom stereocenters. The van der Waals surface area contributed by atoms with Gasteiger partial charge in [0, 0.05) is 13.1 Å². The van der Waals surface area contributed by atoms with Crippen LogP contribution in [0.25, 0.3) is 0 Å². The van der Waals surface area contributed by atoms with Crippen molar-refractivity contribution in [1.82, 2.24) is 26.5 Å². The van der Waals surface area contributed by atoms with Gasteiger partial charge in [0.1, 0.15) is 0 Å². The molecule has 0 amide bonds. The summed E-state index contributed by atoms with van der Waals surface area (Å²) in [6.07, 6.45) is 0. The van der Waals surface area contributed by atoms with Crippen molar-refractivity contribution in [2.75, 3.05) is 13.1 Å². The van der Waals surface area contributed by atoms with Gasteiger partial charge in [0.15, 0.2) is 10.2 Å². The number of pyridine rings is 1. The molecule has 1 heterocycles. The van der Waals surface area contributed by atoms with E-state index in [4.69, 9.17) is 24.4 Å². The molecule has 24 heavy (non-hydrogen) atoms. The zero-order valence-electron chi connectivity index (χ0n) is 14.3. The minimum atomic E-state index is 0.479. The third-order valence-corrected chi connectivity index (χ3v) is 3.29. The van der Waals surface area contributed by atoms with Crippen LogP contribution in [0.3, 0.4) is 0 Å². The Morgan fingerprint density at radius 2 is 1.33 bits per heavy atom. The van der Waals surface area contributed by atoms with E-state index in [9.17, 15) is 0 Å². The number of nitrogens with zero attached hydrogens (tertiary/aromatic N) is 3. The molecule has 1 rings (SSSR count). The highest BCUT2D eigenvalue weighted by molar-refractivity contribution is 7.80. The van der Waals surface area contributed by atoms with Crippen molar-refractivity contribution in [3.05, 3.63) is 29.6 Å². The van der Waals surface area contributed by atoms with E-state index in [2.05, 4.69) is 36.7 Å². The molecule has 0 aliphatic rings. The van der Waals surface area contributed by atoms with Gasteiger partial charge in [0.25, 0.3) is 0 Å². The summed E-state index contributed by atoms with van der Waals surface area (Å²) in [5.74, 6) is 0. The summed E-state index contributed by atoms with van der Waals surface area (Å²) in [5.41, 5.74) is 8.49. The Balaban J connectivity index is 2.81. The Kier molecular flexibility index (Phi) is 8.80. The molecule has 1 aromatic rings. The molecule has 4 N–H and O–H groups in total. The smallest absolute Gasteiger partial charge is 0.186 e. The topological polar surface area (TPSA) is 85.7 Å². The van der Waals surface area contributed by atoms with E-state index < -0.39 is 0 Å². The predicted octanol–water partition coefficient (Wildman–Crippen LogP) is 1.50. The second-order valence-electron chi connectivity index (χ2n) is 4.75. The molecule has 0 saturated heterocycles. The molecule has 0 saturated carbocycles. The SMILES string of the molecule is CCNC(=S)N/N=C(/C)c1cccc(/C(C)=N/NC(=S)NCC)n1. The maximum atomic E-state index is 5.07. The third-order valence-electron chi connectivity index (χ3n) is 2.82.